The number of halogens is 1. The summed E-state index contributed by atoms with van der Waals surface area (Å²) in [5, 5.41) is 0.550. The average molecular weight is 231 g/mol. The fourth-order valence-corrected chi connectivity index (χ4v) is 2.15. The van der Waals surface area contributed by atoms with Crippen LogP contribution in [0.2, 0.25) is 5.15 Å². The van der Waals surface area contributed by atoms with Gasteiger partial charge in [-0.15, -0.1) is 0 Å². The fraction of sp³-hybridized carbons (Fsp3) is 0.500. The van der Waals surface area contributed by atoms with E-state index < -0.39 is 0 Å². The number of hydrogen-bond donors (Lipinski definition) is 1. The molecule has 0 saturated carbocycles. The summed E-state index contributed by atoms with van der Waals surface area (Å²) >= 11 is 7.56. The first-order valence-electron chi connectivity index (χ1n) is 4.62. The molecule has 1 atom stereocenters. The summed E-state index contributed by atoms with van der Waals surface area (Å²) in [5.74, 6) is 2.08. The molecule has 0 aliphatic heterocycles. The molecule has 0 aliphatic rings. The molecule has 14 heavy (non-hydrogen) atoms. The molecule has 0 fully saturated rings. The van der Waals surface area contributed by atoms with Crippen LogP contribution in [-0.2, 0) is 5.75 Å². The van der Waals surface area contributed by atoms with Gasteiger partial charge >= 0.3 is 0 Å². The molecule has 4 heteroatoms. The van der Waals surface area contributed by atoms with Gasteiger partial charge in [0.1, 0.15) is 5.15 Å². The highest BCUT2D eigenvalue weighted by molar-refractivity contribution is 7.98. The Morgan fingerprint density at radius 1 is 1.57 bits per heavy atom. The number of rotatable bonds is 5. The molecule has 0 aromatic carbocycles. The number of thioether (sulfide) groups is 1. The summed E-state index contributed by atoms with van der Waals surface area (Å²) < 4.78 is 0. The van der Waals surface area contributed by atoms with Gasteiger partial charge in [-0.25, -0.2) is 4.98 Å². The van der Waals surface area contributed by atoms with Crippen LogP contribution in [0.1, 0.15) is 18.9 Å². The molecule has 0 aliphatic carbocycles. The molecule has 0 spiro atoms. The molecule has 1 rings (SSSR count). The highest BCUT2D eigenvalue weighted by Crippen LogP contribution is 2.14. The Kier molecular flexibility index (Phi) is 5.30. The minimum Gasteiger partial charge on any atom is -0.328 e. The standard InChI is InChI=1S/C10H15ClN2S/c1-8(12)4-5-14-7-9-2-3-10(11)13-6-9/h2-3,6,8H,4-5,7,12H2,1H3. The number of aromatic nitrogens is 1. The van der Waals surface area contributed by atoms with Crippen LogP contribution >= 0.6 is 23.4 Å². The lowest BCUT2D eigenvalue weighted by Crippen LogP contribution is -2.15. The van der Waals surface area contributed by atoms with Crippen molar-refractivity contribution in [3.63, 3.8) is 0 Å². The summed E-state index contributed by atoms with van der Waals surface area (Å²) in [4.78, 5) is 4.02. The van der Waals surface area contributed by atoms with Gasteiger partial charge in [0, 0.05) is 18.0 Å². The van der Waals surface area contributed by atoms with Crippen LogP contribution in [0.3, 0.4) is 0 Å². The minimum atomic E-state index is 0.297. The van der Waals surface area contributed by atoms with E-state index in [-0.39, 0.29) is 0 Å². The maximum Gasteiger partial charge on any atom is 0.129 e. The Bertz CT molecular complexity index is 261. The Labute approximate surface area is 94.2 Å². The van der Waals surface area contributed by atoms with Crippen LogP contribution < -0.4 is 5.73 Å². The number of nitrogens with zero attached hydrogens (tertiary/aromatic N) is 1. The van der Waals surface area contributed by atoms with Gasteiger partial charge in [0.15, 0.2) is 0 Å². The van der Waals surface area contributed by atoms with E-state index >= 15 is 0 Å². The largest absolute Gasteiger partial charge is 0.328 e. The lowest BCUT2D eigenvalue weighted by molar-refractivity contribution is 0.721. The molecular formula is C10H15ClN2S. The maximum absolute atomic E-state index is 5.68. The third-order valence-electron chi connectivity index (χ3n) is 1.77. The molecule has 0 amide bonds. The third-order valence-corrected chi connectivity index (χ3v) is 3.06. The van der Waals surface area contributed by atoms with Gasteiger partial charge in [0.25, 0.3) is 0 Å². The first-order valence-corrected chi connectivity index (χ1v) is 6.15. The second kappa shape index (κ2) is 6.27. The Hall–Kier alpha value is -0.250. The zero-order valence-electron chi connectivity index (χ0n) is 8.24. The average Bonchev–Trinajstić information content (AvgIpc) is 2.15. The zero-order valence-corrected chi connectivity index (χ0v) is 9.81. The molecule has 2 nitrogen and oxygen atoms in total. The molecule has 1 unspecified atom stereocenters. The summed E-state index contributed by atoms with van der Waals surface area (Å²) in [7, 11) is 0. The van der Waals surface area contributed by atoms with Crippen LogP contribution in [0.5, 0.6) is 0 Å². The van der Waals surface area contributed by atoms with E-state index in [4.69, 9.17) is 17.3 Å². The monoisotopic (exact) mass is 230 g/mol. The van der Waals surface area contributed by atoms with Gasteiger partial charge in [-0.05, 0) is 30.7 Å². The molecule has 1 aromatic heterocycles. The molecule has 78 valence electrons. The first kappa shape index (κ1) is 11.8. The normalized spacial score (nSPS) is 12.8. The number of pyridine rings is 1. The lowest BCUT2D eigenvalue weighted by atomic mass is 10.3. The van der Waals surface area contributed by atoms with Crippen LogP contribution in [0.4, 0.5) is 0 Å². The van der Waals surface area contributed by atoms with E-state index in [1.165, 1.54) is 5.56 Å². The molecule has 1 aromatic rings. The van der Waals surface area contributed by atoms with Gasteiger partial charge in [0.05, 0.1) is 0 Å². The fourth-order valence-electron chi connectivity index (χ4n) is 0.951. The van der Waals surface area contributed by atoms with Crippen LogP contribution in [-0.4, -0.2) is 16.8 Å². The van der Waals surface area contributed by atoms with E-state index in [9.17, 15) is 0 Å². The molecule has 1 heterocycles. The van der Waals surface area contributed by atoms with Crippen LogP contribution in [0.25, 0.3) is 0 Å². The number of nitrogens with two attached hydrogens (primary N) is 1. The zero-order chi connectivity index (χ0) is 10.4. The van der Waals surface area contributed by atoms with Crippen LogP contribution in [0.15, 0.2) is 18.3 Å². The molecule has 0 saturated heterocycles. The summed E-state index contributed by atoms with van der Waals surface area (Å²) in [6.07, 6.45) is 2.88. The maximum atomic E-state index is 5.68. The quantitative estimate of drug-likeness (QED) is 0.625. The summed E-state index contributed by atoms with van der Waals surface area (Å²) in [6.45, 7) is 2.03. The van der Waals surface area contributed by atoms with Crippen molar-refractivity contribution in [1.29, 1.82) is 0 Å². The molecule has 0 radical (unpaired) electrons. The highest BCUT2D eigenvalue weighted by atomic mass is 35.5. The highest BCUT2D eigenvalue weighted by Gasteiger charge is 1.97. The molecule has 0 bridgehead atoms. The lowest BCUT2D eigenvalue weighted by Gasteiger charge is -2.04. The van der Waals surface area contributed by atoms with Gasteiger partial charge in [-0.1, -0.05) is 17.7 Å². The van der Waals surface area contributed by atoms with E-state index in [1.807, 2.05) is 37.0 Å². The smallest absolute Gasteiger partial charge is 0.129 e. The topological polar surface area (TPSA) is 38.9 Å². The van der Waals surface area contributed by atoms with Crippen molar-refractivity contribution in [1.82, 2.24) is 4.98 Å². The van der Waals surface area contributed by atoms with Crippen molar-refractivity contribution in [3.05, 3.63) is 29.0 Å². The van der Waals surface area contributed by atoms with Crippen molar-refractivity contribution in [2.45, 2.75) is 25.1 Å². The van der Waals surface area contributed by atoms with Crippen LogP contribution in [0, 0.1) is 0 Å². The van der Waals surface area contributed by atoms with Crippen molar-refractivity contribution < 1.29 is 0 Å². The minimum absolute atomic E-state index is 0.297. The Morgan fingerprint density at radius 3 is 2.93 bits per heavy atom. The second-order valence-electron chi connectivity index (χ2n) is 3.31. The van der Waals surface area contributed by atoms with Crippen molar-refractivity contribution in [2.24, 2.45) is 5.73 Å². The summed E-state index contributed by atoms with van der Waals surface area (Å²) in [5.41, 5.74) is 6.86. The predicted molar refractivity (Wildman–Crippen MR) is 63.7 cm³/mol. The van der Waals surface area contributed by atoms with Gasteiger partial charge in [-0.3, -0.25) is 0 Å². The molecular weight excluding hydrogens is 216 g/mol. The summed E-state index contributed by atoms with van der Waals surface area (Å²) in [6, 6.07) is 4.13. The van der Waals surface area contributed by atoms with Crippen molar-refractivity contribution in [2.75, 3.05) is 5.75 Å². The van der Waals surface area contributed by atoms with E-state index in [0.29, 0.717) is 11.2 Å². The van der Waals surface area contributed by atoms with E-state index in [2.05, 4.69) is 4.98 Å². The van der Waals surface area contributed by atoms with Crippen molar-refractivity contribution in [3.8, 4) is 0 Å². The first-order chi connectivity index (χ1) is 6.68. The van der Waals surface area contributed by atoms with E-state index in [1.54, 1.807) is 0 Å². The predicted octanol–water partition coefficient (Wildman–Crippen LogP) is 2.71. The van der Waals surface area contributed by atoms with Crippen molar-refractivity contribution >= 4 is 23.4 Å². The van der Waals surface area contributed by atoms with Gasteiger partial charge < -0.3 is 5.73 Å². The van der Waals surface area contributed by atoms with Gasteiger partial charge in [0.2, 0.25) is 0 Å². The Balaban J connectivity index is 2.21. The number of hydrogen-bond acceptors (Lipinski definition) is 3. The SMILES string of the molecule is CC(N)CCSCc1ccc(Cl)nc1. The van der Waals surface area contributed by atoms with Gasteiger partial charge in [-0.2, -0.15) is 11.8 Å². The molecule has 2 N–H and O–H groups in total. The second-order valence-corrected chi connectivity index (χ2v) is 4.80. The Morgan fingerprint density at radius 2 is 2.36 bits per heavy atom. The third kappa shape index (κ3) is 4.84. The van der Waals surface area contributed by atoms with E-state index in [0.717, 1.165) is 17.9 Å².